The first kappa shape index (κ1) is 12.9. The zero-order chi connectivity index (χ0) is 11.5. The average Bonchev–Trinajstić information content (AvgIpc) is 2.45. The Balaban J connectivity index is 2.61. The number of rotatable bonds is 5. The molecule has 0 aromatic rings. The Labute approximate surface area is 93.3 Å². The second-order valence-corrected chi connectivity index (χ2v) is 5.39. The van der Waals surface area contributed by atoms with E-state index in [1.54, 1.807) is 0 Å². The predicted octanol–water partition coefficient (Wildman–Crippen LogP) is 2.15. The van der Waals surface area contributed by atoms with Gasteiger partial charge in [0.1, 0.15) is 0 Å². The van der Waals surface area contributed by atoms with Crippen molar-refractivity contribution < 1.29 is 9.47 Å². The highest BCUT2D eigenvalue weighted by Crippen LogP contribution is 2.35. The first-order valence-corrected chi connectivity index (χ1v) is 5.99. The van der Waals surface area contributed by atoms with Crippen LogP contribution in [0.25, 0.3) is 0 Å². The maximum absolute atomic E-state index is 5.97. The third-order valence-corrected chi connectivity index (χ3v) is 2.62. The fourth-order valence-corrected chi connectivity index (χ4v) is 2.27. The molecule has 0 radical (unpaired) electrons. The Hall–Kier alpha value is -0.120. The molecule has 2 N–H and O–H groups in total. The summed E-state index contributed by atoms with van der Waals surface area (Å²) in [6, 6.07) is 0. The second-order valence-electron chi connectivity index (χ2n) is 5.39. The molecule has 1 saturated heterocycles. The predicted molar refractivity (Wildman–Crippen MR) is 61.5 cm³/mol. The van der Waals surface area contributed by atoms with E-state index in [0.717, 1.165) is 12.8 Å². The van der Waals surface area contributed by atoms with Crippen LogP contribution in [-0.4, -0.2) is 25.0 Å². The minimum Gasteiger partial charge on any atom is -0.347 e. The largest absolute Gasteiger partial charge is 0.347 e. The zero-order valence-electron chi connectivity index (χ0n) is 10.5. The second kappa shape index (κ2) is 5.28. The maximum Gasteiger partial charge on any atom is 0.169 e. The van der Waals surface area contributed by atoms with Crippen LogP contribution >= 0.6 is 0 Å². The Morgan fingerprint density at radius 2 is 1.73 bits per heavy atom. The third kappa shape index (κ3) is 3.74. The van der Waals surface area contributed by atoms with Crippen molar-refractivity contribution in [2.45, 2.75) is 52.4 Å². The lowest BCUT2D eigenvalue weighted by atomic mass is 9.94. The molecule has 1 rings (SSSR count). The first-order valence-electron chi connectivity index (χ1n) is 5.99. The minimum absolute atomic E-state index is 0.0856. The molecule has 0 aromatic heterocycles. The van der Waals surface area contributed by atoms with E-state index in [-0.39, 0.29) is 11.9 Å². The van der Waals surface area contributed by atoms with Gasteiger partial charge in [-0.15, -0.1) is 0 Å². The summed E-state index contributed by atoms with van der Waals surface area (Å²) in [5, 5.41) is 0. The van der Waals surface area contributed by atoms with Crippen molar-refractivity contribution in [2.24, 2.45) is 17.6 Å². The highest BCUT2D eigenvalue weighted by atomic mass is 16.7. The quantitative estimate of drug-likeness (QED) is 0.764. The topological polar surface area (TPSA) is 44.5 Å². The van der Waals surface area contributed by atoms with E-state index >= 15 is 0 Å². The van der Waals surface area contributed by atoms with Gasteiger partial charge in [0, 0.05) is 19.4 Å². The van der Waals surface area contributed by atoms with Gasteiger partial charge in [0.05, 0.1) is 12.7 Å². The molecule has 1 aliphatic rings. The standard InChI is InChI=1S/C12H25NO2/c1-9(2)5-12(6-10(3)4)14-8-11(7-13)15-12/h9-11H,5-8,13H2,1-4H3/t11-/m0/s1. The van der Waals surface area contributed by atoms with Crippen molar-refractivity contribution in [3.8, 4) is 0 Å². The summed E-state index contributed by atoms with van der Waals surface area (Å²) in [4.78, 5) is 0. The monoisotopic (exact) mass is 215 g/mol. The summed E-state index contributed by atoms with van der Waals surface area (Å²) >= 11 is 0. The first-order chi connectivity index (χ1) is 6.97. The number of ether oxygens (including phenoxy) is 2. The molecular formula is C12H25NO2. The molecule has 0 aromatic carbocycles. The van der Waals surface area contributed by atoms with Crippen molar-refractivity contribution in [3.05, 3.63) is 0 Å². The normalized spacial score (nSPS) is 25.4. The molecule has 1 fully saturated rings. The van der Waals surface area contributed by atoms with Crippen LogP contribution in [-0.2, 0) is 9.47 Å². The molecule has 90 valence electrons. The van der Waals surface area contributed by atoms with Gasteiger partial charge < -0.3 is 15.2 Å². The molecule has 0 unspecified atom stereocenters. The summed E-state index contributed by atoms with van der Waals surface area (Å²) < 4.78 is 11.8. The SMILES string of the molecule is CC(C)CC1(CC(C)C)OC[C@H](CN)O1. The lowest BCUT2D eigenvalue weighted by Gasteiger charge is -2.31. The lowest BCUT2D eigenvalue weighted by molar-refractivity contribution is -0.188. The van der Waals surface area contributed by atoms with Crippen LogP contribution in [0.2, 0.25) is 0 Å². The molecule has 0 bridgehead atoms. The zero-order valence-corrected chi connectivity index (χ0v) is 10.5. The minimum atomic E-state index is -0.369. The smallest absolute Gasteiger partial charge is 0.169 e. The van der Waals surface area contributed by atoms with E-state index in [9.17, 15) is 0 Å². The van der Waals surface area contributed by atoms with Crippen LogP contribution in [0.15, 0.2) is 0 Å². The molecule has 0 amide bonds. The van der Waals surface area contributed by atoms with E-state index in [4.69, 9.17) is 15.2 Å². The summed E-state index contributed by atoms with van der Waals surface area (Å²) in [5.41, 5.74) is 5.61. The fraction of sp³-hybridized carbons (Fsp3) is 1.00. The van der Waals surface area contributed by atoms with Crippen LogP contribution in [0.5, 0.6) is 0 Å². The molecule has 0 saturated carbocycles. The molecule has 15 heavy (non-hydrogen) atoms. The van der Waals surface area contributed by atoms with Gasteiger partial charge in [-0.05, 0) is 11.8 Å². The average molecular weight is 215 g/mol. The number of hydrogen-bond acceptors (Lipinski definition) is 3. The van der Waals surface area contributed by atoms with Gasteiger partial charge in [-0.3, -0.25) is 0 Å². The molecule has 1 heterocycles. The third-order valence-electron chi connectivity index (χ3n) is 2.62. The summed E-state index contributed by atoms with van der Waals surface area (Å²) in [6.45, 7) is 10.00. The van der Waals surface area contributed by atoms with Crippen molar-refractivity contribution in [1.29, 1.82) is 0 Å². The van der Waals surface area contributed by atoms with Gasteiger partial charge in [0.15, 0.2) is 5.79 Å². The molecule has 3 heteroatoms. The summed E-state index contributed by atoms with van der Waals surface area (Å²) in [7, 11) is 0. The highest BCUT2D eigenvalue weighted by Gasteiger charge is 2.41. The number of hydrogen-bond donors (Lipinski definition) is 1. The summed E-state index contributed by atoms with van der Waals surface area (Å²) in [6.07, 6.45) is 2.01. The van der Waals surface area contributed by atoms with Gasteiger partial charge >= 0.3 is 0 Å². The van der Waals surface area contributed by atoms with E-state index in [2.05, 4.69) is 27.7 Å². The highest BCUT2D eigenvalue weighted by molar-refractivity contribution is 4.81. The Morgan fingerprint density at radius 3 is 2.07 bits per heavy atom. The van der Waals surface area contributed by atoms with Gasteiger partial charge in [0.2, 0.25) is 0 Å². The van der Waals surface area contributed by atoms with Gasteiger partial charge in [-0.25, -0.2) is 0 Å². The Kier molecular flexibility index (Phi) is 4.56. The van der Waals surface area contributed by atoms with Crippen molar-refractivity contribution >= 4 is 0 Å². The lowest BCUT2D eigenvalue weighted by Crippen LogP contribution is -2.35. The van der Waals surface area contributed by atoms with Crippen molar-refractivity contribution in [2.75, 3.05) is 13.2 Å². The Bertz CT molecular complexity index is 182. The van der Waals surface area contributed by atoms with Gasteiger partial charge in [-0.2, -0.15) is 0 Å². The molecule has 1 atom stereocenters. The van der Waals surface area contributed by atoms with Crippen LogP contribution in [0.4, 0.5) is 0 Å². The van der Waals surface area contributed by atoms with E-state index < -0.39 is 0 Å². The van der Waals surface area contributed by atoms with Gasteiger partial charge in [-0.1, -0.05) is 27.7 Å². The van der Waals surface area contributed by atoms with Crippen molar-refractivity contribution in [3.63, 3.8) is 0 Å². The van der Waals surface area contributed by atoms with E-state index in [0.29, 0.717) is 25.0 Å². The fourth-order valence-electron chi connectivity index (χ4n) is 2.27. The van der Waals surface area contributed by atoms with E-state index in [1.165, 1.54) is 0 Å². The van der Waals surface area contributed by atoms with Crippen LogP contribution in [0.3, 0.4) is 0 Å². The summed E-state index contributed by atoms with van der Waals surface area (Å²) in [5.74, 6) is 0.798. The molecule has 1 aliphatic heterocycles. The molecule has 0 spiro atoms. The van der Waals surface area contributed by atoms with Crippen LogP contribution < -0.4 is 5.73 Å². The Morgan fingerprint density at radius 1 is 1.20 bits per heavy atom. The van der Waals surface area contributed by atoms with Gasteiger partial charge in [0.25, 0.3) is 0 Å². The van der Waals surface area contributed by atoms with Crippen LogP contribution in [0.1, 0.15) is 40.5 Å². The number of nitrogens with two attached hydrogens (primary N) is 1. The van der Waals surface area contributed by atoms with E-state index in [1.807, 2.05) is 0 Å². The molecular weight excluding hydrogens is 190 g/mol. The van der Waals surface area contributed by atoms with Crippen LogP contribution in [0, 0.1) is 11.8 Å². The van der Waals surface area contributed by atoms with Crippen molar-refractivity contribution in [1.82, 2.24) is 0 Å². The molecule has 0 aliphatic carbocycles. The maximum atomic E-state index is 5.97. The molecule has 3 nitrogen and oxygen atoms in total.